The summed E-state index contributed by atoms with van der Waals surface area (Å²) in [5.41, 5.74) is 4.12. The van der Waals surface area contributed by atoms with Gasteiger partial charge in [0.05, 0.1) is 5.75 Å². The zero-order valence-corrected chi connectivity index (χ0v) is 16.5. The molecule has 0 saturated carbocycles. The average Bonchev–Trinajstić information content (AvgIpc) is 2.52. The highest BCUT2D eigenvalue weighted by Crippen LogP contribution is 2.14. The Hall–Kier alpha value is -2.18. The summed E-state index contributed by atoms with van der Waals surface area (Å²) >= 11 is 0. The Kier molecular flexibility index (Phi) is 6.56. The molecule has 140 valence electrons. The molecule has 0 fully saturated rings. The quantitative estimate of drug-likeness (QED) is 0.782. The number of carbonyl (C=O) groups excluding carboxylic acids is 1. The van der Waals surface area contributed by atoms with Crippen molar-refractivity contribution in [2.45, 2.75) is 46.0 Å². The van der Waals surface area contributed by atoms with Gasteiger partial charge >= 0.3 is 0 Å². The van der Waals surface area contributed by atoms with Crippen LogP contribution in [0.4, 0.5) is 0 Å². The first-order chi connectivity index (χ1) is 12.2. The van der Waals surface area contributed by atoms with Crippen LogP contribution in [0, 0.1) is 13.8 Å². The van der Waals surface area contributed by atoms with Gasteiger partial charge in [0, 0.05) is 18.2 Å². The first-order valence-corrected chi connectivity index (χ1v) is 10.3. The van der Waals surface area contributed by atoms with E-state index in [2.05, 4.69) is 10.0 Å². The van der Waals surface area contributed by atoms with E-state index in [9.17, 15) is 13.2 Å². The number of carbonyl (C=O) groups is 1. The van der Waals surface area contributed by atoms with E-state index in [-0.39, 0.29) is 24.2 Å². The minimum absolute atomic E-state index is 0.110. The third-order valence-electron chi connectivity index (χ3n) is 3.95. The number of hydrogen-bond acceptors (Lipinski definition) is 3. The van der Waals surface area contributed by atoms with Gasteiger partial charge in [0.25, 0.3) is 5.91 Å². The van der Waals surface area contributed by atoms with Crippen LogP contribution in [0.15, 0.2) is 42.5 Å². The van der Waals surface area contributed by atoms with Crippen LogP contribution in [0.25, 0.3) is 0 Å². The lowest BCUT2D eigenvalue weighted by molar-refractivity contribution is 0.0950. The molecule has 0 heterocycles. The fourth-order valence-corrected chi connectivity index (χ4v) is 4.31. The summed E-state index contributed by atoms with van der Waals surface area (Å²) in [5, 5.41) is 2.89. The summed E-state index contributed by atoms with van der Waals surface area (Å²) in [6, 6.07) is 12.8. The summed E-state index contributed by atoms with van der Waals surface area (Å²) < 4.78 is 27.0. The number of aryl methyl sites for hydroxylation is 2. The van der Waals surface area contributed by atoms with Crippen LogP contribution < -0.4 is 10.0 Å². The van der Waals surface area contributed by atoms with Gasteiger partial charge < -0.3 is 5.32 Å². The van der Waals surface area contributed by atoms with E-state index < -0.39 is 10.0 Å². The van der Waals surface area contributed by atoms with E-state index in [0.717, 1.165) is 16.7 Å². The third kappa shape index (κ3) is 5.68. The van der Waals surface area contributed by atoms with Gasteiger partial charge in [-0.3, -0.25) is 4.79 Å². The lowest BCUT2D eigenvalue weighted by Gasteiger charge is -2.14. The van der Waals surface area contributed by atoms with Gasteiger partial charge in [-0.2, -0.15) is 0 Å². The molecule has 5 nitrogen and oxygen atoms in total. The molecule has 0 spiro atoms. The third-order valence-corrected chi connectivity index (χ3v) is 5.47. The Labute approximate surface area is 155 Å². The Morgan fingerprint density at radius 2 is 1.69 bits per heavy atom. The predicted molar refractivity (Wildman–Crippen MR) is 104 cm³/mol. The second-order valence-corrected chi connectivity index (χ2v) is 8.56. The molecule has 0 aliphatic heterocycles. The van der Waals surface area contributed by atoms with Crippen LogP contribution in [0.5, 0.6) is 0 Å². The Morgan fingerprint density at radius 3 is 2.31 bits per heavy atom. The van der Waals surface area contributed by atoms with Crippen molar-refractivity contribution >= 4 is 15.9 Å². The van der Waals surface area contributed by atoms with Gasteiger partial charge in [-0.05, 0) is 50.5 Å². The Bertz CT molecular complexity index is 890. The normalized spacial score (nSPS) is 11.6. The minimum Gasteiger partial charge on any atom is -0.348 e. The van der Waals surface area contributed by atoms with Gasteiger partial charge in [-0.1, -0.05) is 42.0 Å². The van der Waals surface area contributed by atoms with Crippen molar-refractivity contribution in [2.75, 3.05) is 0 Å². The van der Waals surface area contributed by atoms with Gasteiger partial charge in [0.1, 0.15) is 0 Å². The maximum Gasteiger partial charge on any atom is 0.251 e. The highest BCUT2D eigenvalue weighted by Gasteiger charge is 2.16. The lowest BCUT2D eigenvalue weighted by atomic mass is 10.0. The van der Waals surface area contributed by atoms with Crippen LogP contribution >= 0.6 is 0 Å². The van der Waals surface area contributed by atoms with Crippen molar-refractivity contribution in [3.8, 4) is 0 Å². The van der Waals surface area contributed by atoms with E-state index in [4.69, 9.17) is 0 Å². The molecule has 26 heavy (non-hydrogen) atoms. The first kappa shape index (κ1) is 20.1. The molecule has 0 aliphatic carbocycles. The molecule has 2 N–H and O–H groups in total. The summed E-state index contributed by atoms with van der Waals surface area (Å²) in [7, 11) is -3.42. The van der Waals surface area contributed by atoms with Gasteiger partial charge in [-0.25, -0.2) is 13.1 Å². The highest BCUT2D eigenvalue weighted by atomic mass is 32.2. The molecule has 1 amide bonds. The average molecular weight is 375 g/mol. The van der Waals surface area contributed by atoms with Crippen LogP contribution in [0.1, 0.15) is 46.5 Å². The van der Waals surface area contributed by atoms with E-state index in [0.29, 0.717) is 11.1 Å². The molecule has 0 bridgehead atoms. The molecule has 0 saturated heterocycles. The van der Waals surface area contributed by atoms with E-state index in [1.54, 1.807) is 26.0 Å². The molecule has 0 atom stereocenters. The smallest absolute Gasteiger partial charge is 0.251 e. The fraction of sp³-hybridized carbons (Fsp3) is 0.350. The van der Waals surface area contributed by atoms with Crippen molar-refractivity contribution < 1.29 is 13.2 Å². The number of benzene rings is 2. The van der Waals surface area contributed by atoms with Gasteiger partial charge in [-0.15, -0.1) is 0 Å². The monoisotopic (exact) mass is 374 g/mol. The molecular weight excluding hydrogens is 348 g/mol. The maximum absolute atomic E-state index is 12.5. The highest BCUT2D eigenvalue weighted by molar-refractivity contribution is 7.88. The molecule has 0 unspecified atom stereocenters. The Morgan fingerprint density at radius 1 is 1.04 bits per heavy atom. The number of hydrogen-bond donors (Lipinski definition) is 2. The standard InChI is InChI=1S/C20H26N2O3S/c1-14(2)22-26(24,25)13-18-8-6-5-7-17(18)12-21-20(23)19-10-9-15(3)11-16(19)4/h5-11,14,22H,12-13H2,1-4H3,(H,21,23). The number of rotatable bonds is 7. The summed E-state index contributed by atoms with van der Waals surface area (Å²) in [6.45, 7) is 7.73. The molecule has 2 rings (SSSR count). The number of nitrogens with one attached hydrogen (secondary N) is 2. The Balaban J connectivity index is 2.12. The van der Waals surface area contributed by atoms with Crippen LogP contribution in [-0.2, 0) is 22.3 Å². The van der Waals surface area contributed by atoms with Crippen LogP contribution in [0.3, 0.4) is 0 Å². The maximum atomic E-state index is 12.5. The number of sulfonamides is 1. The lowest BCUT2D eigenvalue weighted by Crippen LogP contribution is -2.32. The molecule has 0 aromatic heterocycles. The van der Waals surface area contributed by atoms with Crippen molar-refractivity contribution in [1.82, 2.24) is 10.0 Å². The van der Waals surface area contributed by atoms with Crippen LogP contribution in [-0.4, -0.2) is 20.4 Å². The topological polar surface area (TPSA) is 75.3 Å². The van der Waals surface area contributed by atoms with E-state index >= 15 is 0 Å². The van der Waals surface area contributed by atoms with Crippen molar-refractivity contribution in [3.05, 3.63) is 70.3 Å². The summed E-state index contributed by atoms with van der Waals surface area (Å²) in [5.74, 6) is -0.277. The van der Waals surface area contributed by atoms with Crippen molar-refractivity contribution in [2.24, 2.45) is 0 Å². The fourth-order valence-electron chi connectivity index (χ4n) is 2.82. The largest absolute Gasteiger partial charge is 0.348 e. The second kappa shape index (κ2) is 8.47. The molecule has 0 aliphatic rings. The first-order valence-electron chi connectivity index (χ1n) is 8.60. The SMILES string of the molecule is Cc1ccc(C(=O)NCc2ccccc2CS(=O)(=O)NC(C)C)c(C)c1. The number of amides is 1. The molecule has 2 aromatic carbocycles. The minimum atomic E-state index is -3.42. The summed E-state index contributed by atoms with van der Waals surface area (Å²) in [4.78, 5) is 12.5. The molecule has 6 heteroatoms. The zero-order chi connectivity index (χ0) is 19.3. The predicted octanol–water partition coefficient (Wildman–Crippen LogP) is 3.06. The van der Waals surface area contributed by atoms with Crippen molar-refractivity contribution in [3.63, 3.8) is 0 Å². The molecular formula is C20H26N2O3S. The van der Waals surface area contributed by atoms with Gasteiger partial charge in [0.15, 0.2) is 0 Å². The molecule has 0 radical (unpaired) electrons. The van der Waals surface area contributed by atoms with Crippen molar-refractivity contribution in [1.29, 1.82) is 0 Å². The van der Waals surface area contributed by atoms with Crippen LogP contribution in [0.2, 0.25) is 0 Å². The van der Waals surface area contributed by atoms with E-state index in [1.807, 2.05) is 44.2 Å². The zero-order valence-electron chi connectivity index (χ0n) is 15.7. The van der Waals surface area contributed by atoms with Gasteiger partial charge in [0.2, 0.25) is 10.0 Å². The molecule has 2 aromatic rings. The van der Waals surface area contributed by atoms with E-state index in [1.165, 1.54) is 0 Å². The second-order valence-electron chi connectivity index (χ2n) is 6.80. The summed E-state index contributed by atoms with van der Waals surface area (Å²) in [6.07, 6.45) is 0.